The molecule has 14 heavy (non-hydrogen) atoms. The van der Waals surface area contributed by atoms with Gasteiger partial charge in [-0.25, -0.2) is 0 Å². The lowest BCUT2D eigenvalue weighted by molar-refractivity contribution is -0.153. The fourth-order valence-electron chi connectivity index (χ4n) is 1.56. The zero-order valence-corrected chi connectivity index (χ0v) is 8.58. The fourth-order valence-corrected chi connectivity index (χ4v) is 2.17. The third-order valence-electron chi connectivity index (χ3n) is 2.40. The van der Waals surface area contributed by atoms with Crippen molar-refractivity contribution < 1.29 is 19.8 Å². The van der Waals surface area contributed by atoms with Crippen molar-refractivity contribution in [2.45, 2.75) is 12.8 Å². The van der Waals surface area contributed by atoms with E-state index < -0.39 is 23.8 Å². The molecule has 1 aliphatic carbocycles. The van der Waals surface area contributed by atoms with E-state index in [1.54, 1.807) is 0 Å². The van der Waals surface area contributed by atoms with Gasteiger partial charge in [0, 0.05) is 0 Å². The molecule has 0 heterocycles. The van der Waals surface area contributed by atoms with Crippen molar-refractivity contribution in [1.29, 1.82) is 0 Å². The average molecular weight is 216 g/mol. The minimum Gasteiger partial charge on any atom is -0.481 e. The van der Waals surface area contributed by atoms with Crippen molar-refractivity contribution in [1.82, 2.24) is 0 Å². The van der Waals surface area contributed by atoms with Gasteiger partial charge in [-0.05, 0) is 24.0 Å². The molecule has 0 saturated carbocycles. The molecule has 2 unspecified atom stereocenters. The lowest BCUT2D eigenvalue weighted by Crippen LogP contribution is -2.31. The highest BCUT2D eigenvalue weighted by Crippen LogP contribution is 2.34. The molecule has 0 spiro atoms. The third-order valence-corrected chi connectivity index (χ3v) is 3.26. The zero-order valence-electron chi connectivity index (χ0n) is 7.77. The molecule has 0 aromatic rings. The maximum atomic E-state index is 10.8. The monoisotopic (exact) mass is 216 g/mol. The number of hydrogen-bond acceptors (Lipinski definition) is 3. The first-order chi connectivity index (χ1) is 6.56. The first-order valence-corrected chi connectivity index (χ1v) is 5.47. The number of carboxylic acid groups (broad SMARTS) is 2. The van der Waals surface area contributed by atoms with Crippen LogP contribution < -0.4 is 0 Å². The van der Waals surface area contributed by atoms with E-state index in [4.69, 9.17) is 10.2 Å². The molecule has 0 fully saturated rings. The van der Waals surface area contributed by atoms with E-state index in [-0.39, 0.29) is 0 Å². The molecule has 78 valence electrons. The van der Waals surface area contributed by atoms with Crippen LogP contribution in [0.5, 0.6) is 0 Å². The summed E-state index contributed by atoms with van der Waals surface area (Å²) in [6.45, 7) is 0. The first kappa shape index (κ1) is 11.1. The Bertz CT molecular complexity index is 285. The van der Waals surface area contributed by atoms with Crippen molar-refractivity contribution in [3.8, 4) is 0 Å². The number of carbonyl (C=O) groups is 2. The van der Waals surface area contributed by atoms with Gasteiger partial charge in [-0.2, -0.15) is 0 Å². The smallest absolute Gasteiger partial charge is 0.307 e. The van der Waals surface area contributed by atoms with E-state index >= 15 is 0 Å². The normalized spacial score (nSPS) is 26.8. The summed E-state index contributed by atoms with van der Waals surface area (Å²) in [4.78, 5) is 22.6. The van der Waals surface area contributed by atoms with E-state index in [1.807, 2.05) is 12.3 Å². The second-order valence-electron chi connectivity index (χ2n) is 3.20. The number of hydrogen-bond donors (Lipinski definition) is 2. The summed E-state index contributed by atoms with van der Waals surface area (Å²) in [5.41, 5.74) is 0. The van der Waals surface area contributed by atoms with Gasteiger partial charge < -0.3 is 10.2 Å². The van der Waals surface area contributed by atoms with Crippen molar-refractivity contribution in [3.63, 3.8) is 0 Å². The van der Waals surface area contributed by atoms with Crippen molar-refractivity contribution in [2.24, 2.45) is 11.8 Å². The van der Waals surface area contributed by atoms with Crippen LogP contribution in [0.4, 0.5) is 0 Å². The summed E-state index contributed by atoms with van der Waals surface area (Å²) >= 11 is 1.49. The number of carboxylic acids is 2. The quantitative estimate of drug-likeness (QED) is 0.746. The topological polar surface area (TPSA) is 74.6 Å². The lowest BCUT2D eigenvalue weighted by Gasteiger charge is -2.24. The Balaban J connectivity index is 2.83. The summed E-state index contributed by atoms with van der Waals surface area (Å²) in [6.07, 6.45) is 4.35. The number of allylic oxidation sites excluding steroid dienone is 2. The lowest BCUT2D eigenvalue weighted by atomic mass is 9.83. The van der Waals surface area contributed by atoms with E-state index in [0.29, 0.717) is 12.8 Å². The fraction of sp³-hybridized carbons (Fsp3) is 0.556. The van der Waals surface area contributed by atoms with Gasteiger partial charge in [0.15, 0.2) is 0 Å². The molecule has 4 nitrogen and oxygen atoms in total. The van der Waals surface area contributed by atoms with Crippen molar-refractivity contribution in [3.05, 3.63) is 11.0 Å². The summed E-state index contributed by atoms with van der Waals surface area (Å²) in [7, 11) is 0. The maximum Gasteiger partial charge on any atom is 0.307 e. The second-order valence-corrected chi connectivity index (χ2v) is 4.14. The molecule has 0 aromatic heterocycles. The molecule has 0 aromatic carbocycles. The van der Waals surface area contributed by atoms with Gasteiger partial charge >= 0.3 is 11.9 Å². The van der Waals surface area contributed by atoms with E-state index in [1.165, 1.54) is 11.8 Å². The SMILES string of the molecule is CSC1=CCC(C(=O)O)C(C(=O)O)C1. The molecule has 2 atom stereocenters. The van der Waals surface area contributed by atoms with Crippen molar-refractivity contribution in [2.75, 3.05) is 6.26 Å². The molecular weight excluding hydrogens is 204 g/mol. The Kier molecular flexibility index (Phi) is 3.57. The highest BCUT2D eigenvalue weighted by atomic mass is 32.2. The standard InChI is InChI=1S/C9H12O4S/c1-14-5-2-3-6(8(10)11)7(4-5)9(12)13/h2,6-7H,3-4H2,1H3,(H,10,11)(H,12,13). The molecular formula is C9H12O4S. The van der Waals surface area contributed by atoms with Gasteiger partial charge in [-0.3, -0.25) is 9.59 Å². The van der Waals surface area contributed by atoms with Gasteiger partial charge in [0.2, 0.25) is 0 Å². The minimum atomic E-state index is -1.02. The zero-order chi connectivity index (χ0) is 10.7. The average Bonchev–Trinajstić information content (AvgIpc) is 2.16. The molecule has 2 N–H and O–H groups in total. The number of aliphatic carboxylic acids is 2. The largest absolute Gasteiger partial charge is 0.481 e. The molecule has 0 amide bonds. The molecule has 1 rings (SSSR count). The van der Waals surface area contributed by atoms with Crippen LogP contribution in [0.25, 0.3) is 0 Å². The van der Waals surface area contributed by atoms with Crippen LogP contribution >= 0.6 is 11.8 Å². The highest BCUT2D eigenvalue weighted by molar-refractivity contribution is 8.02. The number of thioether (sulfide) groups is 1. The van der Waals surface area contributed by atoms with Crippen LogP contribution in [0.3, 0.4) is 0 Å². The Hall–Kier alpha value is -0.970. The van der Waals surface area contributed by atoms with E-state index in [9.17, 15) is 9.59 Å². The summed E-state index contributed by atoms with van der Waals surface area (Å²) < 4.78 is 0. The van der Waals surface area contributed by atoms with Crippen LogP contribution in [0, 0.1) is 11.8 Å². The summed E-state index contributed by atoms with van der Waals surface area (Å²) in [5, 5.41) is 17.7. The molecule has 5 heteroatoms. The Labute approximate surface area is 86.0 Å². The third kappa shape index (κ3) is 2.29. The Morgan fingerprint density at radius 3 is 2.36 bits per heavy atom. The van der Waals surface area contributed by atoms with Gasteiger partial charge in [0.05, 0.1) is 11.8 Å². The molecule has 0 bridgehead atoms. The maximum absolute atomic E-state index is 10.8. The first-order valence-electron chi connectivity index (χ1n) is 4.25. The van der Waals surface area contributed by atoms with E-state index in [2.05, 4.69) is 0 Å². The van der Waals surface area contributed by atoms with Crippen LogP contribution in [0.1, 0.15) is 12.8 Å². The van der Waals surface area contributed by atoms with Gasteiger partial charge in [-0.1, -0.05) is 6.08 Å². The van der Waals surface area contributed by atoms with Crippen molar-refractivity contribution >= 4 is 23.7 Å². The van der Waals surface area contributed by atoms with Gasteiger partial charge in [-0.15, -0.1) is 11.8 Å². The molecule has 0 saturated heterocycles. The van der Waals surface area contributed by atoms with Gasteiger partial charge in [0.1, 0.15) is 0 Å². The summed E-state index contributed by atoms with van der Waals surface area (Å²) in [6, 6.07) is 0. The van der Waals surface area contributed by atoms with Crippen LogP contribution in [-0.2, 0) is 9.59 Å². The predicted molar refractivity (Wildman–Crippen MR) is 53.1 cm³/mol. The molecule has 0 radical (unpaired) electrons. The molecule has 0 aliphatic heterocycles. The second kappa shape index (κ2) is 4.50. The highest BCUT2D eigenvalue weighted by Gasteiger charge is 2.35. The Morgan fingerprint density at radius 2 is 1.93 bits per heavy atom. The molecule has 1 aliphatic rings. The van der Waals surface area contributed by atoms with Crippen LogP contribution in [0.15, 0.2) is 11.0 Å². The van der Waals surface area contributed by atoms with Crippen LogP contribution in [0.2, 0.25) is 0 Å². The number of rotatable bonds is 3. The minimum absolute atomic E-state index is 0.322. The Morgan fingerprint density at radius 1 is 1.36 bits per heavy atom. The predicted octanol–water partition coefficient (Wildman–Crippen LogP) is 1.43. The summed E-state index contributed by atoms with van der Waals surface area (Å²) in [5.74, 6) is -3.59. The van der Waals surface area contributed by atoms with E-state index in [0.717, 1.165) is 4.91 Å². The van der Waals surface area contributed by atoms with Gasteiger partial charge in [0.25, 0.3) is 0 Å². The van der Waals surface area contributed by atoms with Crippen LogP contribution in [-0.4, -0.2) is 28.4 Å².